The quantitative estimate of drug-likeness (QED) is 0.900. The molecule has 0 fully saturated rings. The van der Waals surface area contributed by atoms with E-state index in [0.717, 1.165) is 0 Å². The van der Waals surface area contributed by atoms with Crippen molar-refractivity contribution in [1.29, 1.82) is 5.26 Å². The number of methoxy groups -OCH3 is 1. The van der Waals surface area contributed by atoms with E-state index in [4.69, 9.17) is 10.00 Å². The van der Waals surface area contributed by atoms with Crippen LogP contribution in [-0.4, -0.2) is 18.0 Å². The number of nitriles is 1. The molecule has 0 aliphatic heterocycles. The summed E-state index contributed by atoms with van der Waals surface area (Å²) in [7, 11) is 1.52. The molecular formula is C15H14N4O2. The second kappa shape index (κ2) is 6.39. The molecule has 1 aromatic carbocycles. The maximum Gasteiger partial charge on any atom is 0.221 e. The highest BCUT2D eigenvalue weighted by atomic mass is 16.5. The van der Waals surface area contributed by atoms with E-state index in [0.29, 0.717) is 28.5 Å². The van der Waals surface area contributed by atoms with Gasteiger partial charge in [0.25, 0.3) is 0 Å². The Kier molecular flexibility index (Phi) is 4.36. The largest absolute Gasteiger partial charge is 0.494 e. The minimum atomic E-state index is -0.175. The summed E-state index contributed by atoms with van der Waals surface area (Å²) in [4.78, 5) is 15.2. The SMILES string of the molecule is COc1cc(Nc2ncccc2C#N)ccc1NC(C)=O. The van der Waals surface area contributed by atoms with E-state index in [1.165, 1.54) is 14.0 Å². The maximum absolute atomic E-state index is 11.1. The number of anilines is 3. The fourth-order valence-corrected chi connectivity index (χ4v) is 1.79. The van der Waals surface area contributed by atoms with E-state index in [-0.39, 0.29) is 5.91 Å². The van der Waals surface area contributed by atoms with Gasteiger partial charge in [-0.2, -0.15) is 5.26 Å². The van der Waals surface area contributed by atoms with Gasteiger partial charge in [0.2, 0.25) is 5.91 Å². The lowest BCUT2D eigenvalue weighted by Crippen LogP contribution is -2.07. The number of benzene rings is 1. The number of nitrogens with one attached hydrogen (secondary N) is 2. The molecule has 2 aromatic rings. The van der Waals surface area contributed by atoms with Gasteiger partial charge in [0.1, 0.15) is 17.6 Å². The van der Waals surface area contributed by atoms with Crippen molar-refractivity contribution >= 4 is 23.1 Å². The molecule has 2 N–H and O–H groups in total. The van der Waals surface area contributed by atoms with Crippen LogP contribution in [-0.2, 0) is 4.79 Å². The monoisotopic (exact) mass is 282 g/mol. The van der Waals surface area contributed by atoms with E-state index >= 15 is 0 Å². The first kappa shape index (κ1) is 14.3. The topological polar surface area (TPSA) is 87.0 Å². The summed E-state index contributed by atoms with van der Waals surface area (Å²) in [5.41, 5.74) is 1.73. The lowest BCUT2D eigenvalue weighted by Gasteiger charge is -2.12. The smallest absolute Gasteiger partial charge is 0.221 e. The Morgan fingerprint density at radius 3 is 2.86 bits per heavy atom. The van der Waals surface area contributed by atoms with E-state index in [9.17, 15) is 4.79 Å². The first-order chi connectivity index (χ1) is 10.1. The van der Waals surface area contributed by atoms with Gasteiger partial charge in [0, 0.05) is 24.9 Å². The molecular weight excluding hydrogens is 268 g/mol. The summed E-state index contributed by atoms with van der Waals surface area (Å²) in [5, 5.41) is 14.8. The summed E-state index contributed by atoms with van der Waals surface area (Å²) in [6.45, 7) is 1.43. The lowest BCUT2D eigenvalue weighted by molar-refractivity contribution is -0.114. The van der Waals surface area contributed by atoms with E-state index in [2.05, 4.69) is 21.7 Å². The van der Waals surface area contributed by atoms with Crippen molar-refractivity contribution in [1.82, 2.24) is 4.98 Å². The average molecular weight is 282 g/mol. The molecule has 0 spiro atoms. The third-order valence-electron chi connectivity index (χ3n) is 2.70. The molecule has 0 saturated heterocycles. The number of amides is 1. The number of rotatable bonds is 4. The van der Waals surface area contributed by atoms with Crippen LogP contribution in [0.3, 0.4) is 0 Å². The van der Waals surface area contributed by atoms with Gasteiger partial charge < -0.3 is 15.4 Å². The van der Waals surface area contributed by atoms with Crippen LogP contribution in [0, 0.1) is 11.3 Å². The Morgan fingerprint density at radius 2 is 2.19 bits per heavy atom. The van der Waals surface area contributed by atoms with E-state index in [1.54, 1.807) is 36.5 Å². The first-order valence-electron chi connectivity index (χ1n) is 6.22. The van der Waals surface area contributed by atoms with Gasteiger partial charge in [-0.15, -0.1) is 0 Å². The Labute approximate surface area is 122 Å². The van der Waals surface area contributed by atoms with Gasteiger partial charge in [0.05, 0.1) is 18.4 Å². The number of carbonyl (C=O) groups excluding carboxylic acids is 1. The molecule has 0 saturated carbocycles. The molecule has 6 heteroatoms. The minimum absolute atomic E-state index is 0.175. The van der Waals surface area contributed by atoms with Gasteiger partial charge >= 0.3 is 0 Å². The normalized spacial score (nSPS) is 9.57. The highest BCUT2D eigenvalue weighted by Crippen LogP contribution is 2.29. The number of aromatic nitrogens is 1. The van der Waals surface area contributed by atoms with Gasteiger partial charge in [-0.1, -0.05) is 0 Å². The van der Waals surface area contributed by atoms with Crippen LogP contribution < -0.4 is 15.4 Å². The molecule has 2 rings (SSSR count). The fourth-order valence-electron chi connectivity index (χ4n) is 1.79. The summed E-state index contributed by atoms with van der Waals surface area (Å²) in [6, 6.07) is 10.7. The molecule has 1 aromatic heterocycles. The molecule has 0 bridgehead atoms. The molecule has 0 atom stereocenters. The van der Waals surface area contributed by atoms with Crippen LogP contribution in [0.4, 0.5) is 17.2 Å². The third kappa shape index (κ3) is 3.48. The van der Waals surface area contributed by atoms with Crippen molar-refractivity contribution in [3.8, 4) is 11.8 Å². The first-order valence-corrected chi connectivity index (χ1v) is 6.22. The van der Waals surface area contributed by atoms with Crippen LogP contribution in [0.2, 0.25) is 0 Å². The van der Waals surface area contributed by atoms with Crippen LogP contribution in [0.5, 0.6) is 5.75 Å². The molecule has 106 valence electrons. The fraction of sp³-hybridized carbons (Fsp3) is 0.133. The highest BCUT2D eigenvalue weighted by Gasteiger charge is 2.08. The van der Waals surface area contributed by atoms with Gasteiger partial charge in [0.15, 0.2) is 0 Å². The summed E-state index contributed by atoms with van der Waals surface area (Å²) < 4.78 is 5.24. The standard InChI is InChI=1S/C15H14N4O2/c1-10(20)18-13-6-5-12(8-14(13)21-2)19-15-11(9-16)4-3-7-17-15/h3-8H,1-2H3,(H,17,19)(H,18,20). The van der Waals surface area contributed by atoms with Crippen molar-refractivity contribution in [3.05, 3.63) is 42.1 Å². The predicted octanol–water partition coefficient (Wildman–Crippen LogP) is 2.66. The number of ether oxygens (including phenoxy) is 1. The van der Waals surface area contributed by atoms with Crippen molar-refractivity contribution < 1.29 is 9.53 Å². The number of pyridine rings is 1. The second-order valence-electron chi connectivity index (χ2n) is 4.23. The molecule has 6 nitrogen and oxygen atoms in total. The lowest BCUT2D eigenvalue weighted by atomic mass is 10.2. The Hall–Kier alpha value is -3.07. The number of carbonyl (C=O) groups is 1. The molecule has 1 amide bonds. The minimum Gasteiger partial charge on any atom is -0.494 e. The maximum atomic E-state index is 11.1. The van der Waals surface area contributed by atoms with Crippen LogP contribution in [0.15, 0.2) is 36.5 Å². The summed E-state index contributed by atoms with van der Waals surface area (Å²) in [6.07, 6.45) is 1.60. The van der Waals surface area contributed by atoms with E-state index in [1.807, 2.05) is 0 Å². The zero-order chi connectivity index (χ0) is 15.2. The number of hydrogen-bond acceptors (Lipinski definition) is 5. The summed E-state index contributed by atoms with van der Waals surface area (Å²) in [5.74, 6) is 0.810. The van der Waals surface area contributed by atoms with Crippen molar-refractivity contribution in [2.24, 2.45) is 0 Å². The Morgan fingerprint density at radius 1 is 1.38 bits per heavy atom. The number of nitrogens with zero attached hydrogens (tertiary/aromatic N) is 2. The second-order valence-corrected chi connectivity index (χ2v) is 4.23. The van der Waals surface area contributed by atoms with Crippen LogP contribution in [0.1, 0.15) is 12.5 Å². The zero-order valence-corrected chi connectivity index (χ0v) is 11.7. The Bertz CT molecular complexity index is 707. The van der Waals surface area contributed by atoms with Gasteiger partial charge in [-0.3, -0.25) is 4.79 Å². The van der Waals surface area contributed by atoms with Crippen molar-refractivity contribution in [2.45, 2.75) is 6.92 Å². The molecule has 0 radical (unpaired) electrons. The van der Waals surface area contributed by atoms with Crippen molar-refractivity contribution in [3.63, 3.8) is 0 Å². The molecule has 1 heterocycles. The van der Waals surface area contributed by atoms with Gasteiger partial charge in [-0.05, 0) is 24.3 Å². The van der Waals surface area contributed by atoms with E-state index < -0.39 is 0 Å². The zero-order valence-electron chi connectivity index (χ0n) is 11.7. The Balaban J connectivity index is 2.29. The van der Waals surface area contributed by atoms with Gasteiger partial charge in [-0.25, -0.2) is 4.98 Å². The average Bonchev–Trinajstić information content (AvgIpc) is 2.49. The van der Waals surface area contributed by atoms with Crippen molar-refractivity contribution in [2.75, 3.05) is 17.7 Å². The molecule has 21 heavy (non-hydrogen) atoms. The summed E-state index contributed by atoms with van der Waals surface area (Å²) >= 11 is 0. The molecule has 0 unspecified atom stereocenters. The third-order valence-corrected chi connectivity index (χ3v) is 2.70. The van der Waals surface area contributed by atoms with Crippen LogP contribution >= 0.6 is 0 Å². The predicted molar refractivity (Wildman–Crippen MR) is 79.5 cm³/mol. The van der Waals surface area contributed by atoms with Crippen LogP contribution in [0.25, 0.3) is 0 Å². The number of hydrogen-bond donors (Lipinski definition) is 2. The molecule has 0 aliphatic carbocycles. The highest BCUT2D eigenvalue weighted by molar-refractivity contribution is 5.91. The molecule has 0 aliphatic rings.